The molecular weight excluding hydrogens is 369 g/mol. The van der Waals surface area contributed by atoms with Gasteiger partial charge in [0.05, 0.1) is 0 Å². The summed E-state index contributed by atoms with van der Waals surface area (Å²) in [6.07, 6.45) is 8.89. The SMILES string of the molecule is CNC(Cc1ccc(I)cc1)C1C2CC3CC(C2)CC1C3. The van der Waals surface area contributed by atoms with Gasteiger partial charge in [-0.15, -0.1) is 0 Å². The van der Waals surface area contributed by atoms with Crippen LogP contribution in [0.3, 0.4) is 0 Å². The molecule has 4 aliphatic carbocycles. The summed E-state index contributed by atoms with van der Waals surface area (Å²) in [5, 5.41) is 3.69. The molecule has 2 heteroatoms. The molecule has 1 aromatic rings. The lowest BCUT2D eigenvalue weighted by Gasteiger charge is -2.56. The van der Waals surface area contributed by atoms with Crippen molar-refractivity contribution in [1.29, 1.82) is 0 Å². The van der Waals surface area contributed by atoms with Crippen molar-refractivity contribution in [1.82, 2.24) is 5.32 Å². The minimum absolute atomic E-state index is 0.681. The van der Waals surface area contributed by atoms with Gasteiger partial charge in [0.1, 0.15) is 0 Å². The molecule has 0 spiro atoms. The van der Waals surface area contributed by atoms with E-state index in [2.05, 4.69) is 59.2 Å². The maximum absolute atomic E-state index is 3.69. The number of hydrogen-bond donors (Lipinski definition) is 1. The van der Waals surface area contributed by atoms with Gasteiger partial charge in [0.2, 0.25) is 0 Å². The fourth-order valence-electron chi connectivity index (χ4n) is 5.93. The molecule has 21 heavy (non-hydrogen) atoms. The van der Waals surface area contributed by atoms with Gasteiger partial charge in [0.15, 0.2) is 0 Å². The molecule has 0 radical (unpaired) electrons. The van der Waals surface area contributed by atoms with E-state index in [-0.39, 0.29) is 0 Å². The molecule has 0 heterocycles. The predicted molar refractivity (Wildman–Crippen MR) is 96.2 cm³/mol. The van der Waals surface area contributed by atoms with Crippen molar-refractivity contribution in [3.8, 4) is 0 Å². The fraction of sp³-hybridized carbons (Fsp3) is 0.684. The predicted octanol–water partition coefficient (Wildman–Crippen LogP) is 4.49. The highest BCUT2D eigenvalue weighted by atomic mass is 127. The Balaban J connectivity index is 1.51. The van der Waals surface area contributed by atoms with E-state index in [1.165, 1.54) is 41.2 Å². The van der Waals surface area contributed by atoms with Gasteiger partial charge in [-0.3, -0.25) is 0 Å². The molecule has 1 unspecified atom stereocenters. The van der Waals surface area contributed by atoms with Crippen LogP contribution >= 0.6 is 22.6 Å². The van der Waals surface area contributed by atoms with E-state index in [0.717, 1.165) is 29.6 Å². The van der Waals surface area contributed by atoms with Crippen molar-refractivity contribution < 1.29 is 0 Å². The first-order valence-corrected chi connectivity index (χ1v) is 9.72. The van der Waals surface area contributed by atoms with Crippen LogP contribution in [0.2, 0.25) is 0 Å². The van der Waals surface area contributed by atoms with Crippen LogP contribution in [0.5, 0.6) is 0 Å². The number of benzene rings is 1. The van der Waals surface area contributed by atoms with Gasteiger partial charge in [-0.2, -0.15) is 0 Å². The fourth-order valence-corrected chi connectivity index (χ4v) is 6.29. The normalized spacial score (nSPS) is 38.7. The van der Waals surface area contributed by atoms with Gasteiger partial charge in [-0.25, -0.2) is 0 Å². The molecule has 1 N–H and O–H groups in total. The van der Waals surface area contributed by atoms with Gasteiger partial charge >= 0.3 is 0 Å². The highest BCUT2D eigenvalue weighted by molar-refractivity contribution is 14.1. The molecule has 5 rings (SSSR count). The largest absolute Gasteiger partial charge is 0.316 e. The van der Waals surface area contributed by atoms with Crippen LogP contribution in [-0.2, 0) is 6.42 Å². The van der Waals surface area contributed by atoms with Gasteiger partial charge in [-0.05, 0) is 115 Å². The standard InChI is InChI=1S/C19H26IN/c1-21-18(11-12-2-4-17(20)5-3-12)19-15-7-13-6-14(9-15)10-16(19)8-13/h2-5,13-16,18-19,21H,6-11H2,1H3. The molecular formula is C19H26IN. The summed E-state index contributed by atoms with van der Waals surface area (Å²) in [5.74, 6) is 5.13. The average Bonchev–Trinajstić information content (AvgIpc) is 2.47. The van der Waals surface area contributed by atoms with Crippen molar-refractivity contribution in [3.05, 3.63) is 33.4 Å². The second-order valence-corrected chi connectivity index (χ2v) is 8.98. The third-order valence-electron chi connectivity index (χ3n) is 6.50. The first-order valence-electron chi connectivity index (χ1n) is 8.64. The lowest BCUT2D eigenvalue weighted by molar-refractivity contribution is -0.0507. The van der Waals surface area contributed by atoms with Crippen LogP contribution in [-0.4, -0.2) is 13.1 Å². The molecule has 4 saturated carbocycles. The highest BCUT2D eigenvalue weighted by Crippen LogP contribution is 2.57. The Labute approximate surface area is 142 Å². The first-order chi connectivity index (χ1) is 10.2. The molecule has 1 nitrogen and oxygen atoms in total. The smallest absolute Gasteiger partial charge is 0.0138 e. The van der Waals surface area contributed by atoms with Crippen LogP contribution in [0, 0.1) is 33.2 Å². The van der Waals surface area contributed by atoms with E-state index < -0.39 is 0 Å². The summed E-state index contributed by atoms with van der Waals surface area (Å²) in [6, 6.07) is 9.82. The molecule has 1 atom stereocenters. The second kappa shape index (κ2) is 5.84. The molecule has 0 amide bonds. The number of hydrogen-bond acceptors (Lipinski definition) is 1. The summed E-state index contributed by atoms with van der Waals surface area (Å²) in [6.45, 7) is 0. The second-order valence-electron chi connectivity index (χ2n) is 7.73. The van der Waals surface area contributed by atoms with Gasteiger partial charge < -0.3 is 5.32 Å². The van der Waals surface area contributed by atoms with Crippen molar-refractivity contribution in [2.45, 2.75) is 44.6 Å². The van der Waals surface area contributed by atoms with E-state index in [0.29, 0.717) is 6.04 Å². The van der Waals surface area contributed by atoms with Crippen molar-refractivity contribution >= 4 is 22.6 Å². The van der Waals surface area contributed by atoms with Crippen LogP contribution < -0.4 is 5.32 Å². The topological polar surface area (TPSA) is 12.0 Å². The molecule has 1 aromatic carbocycles. The molecule has 0 saturated heterocycles. The van der Waals surface area contributed by atoms with Gasteiger partial charge in [0, 0.05) is 9.61 Å². The molecule has 4 fully saturated rings. The minimum atomic E-state index is 0.681. The summed E-state index contributed by atoms with van der Waals surface area (Å²) in [5.41, 5.74) is 1.50. The van der Waals surface area contributed by atoms with E-state index in [1.54, 1.807) is 6.42 Å². The van der Waals surface area contributed by atoms with Crippen molar-refractivity contribution in [2.75, 3.05) is 7.05 Å². The maximum Gasteiger partial charge on any atom is 0.0138 e. The maximum atomic E-state index is 3.69. The van der Waals surface area contributed by atoms with E-state index in [4.69, 9.17) is 0 Å². The quantitative estimate of drug-likeness (QED) is 0.741. The Kier molecular flexibility index (Phi) is 4.03. The Bertz CT molecular complexity index is 467. The average molecular weight is 395 g/mol. The van der Waals surface area contributed by atoms with Crippen LogP contribution in [0.4, 0.5) is 0 Å². The summed E-state index contributed by atoms with van der Waals surface area (Å²) in [4.78, 5) is 0. The molecule has 0 aromatic heterocycles. The number of halogens is 1. The molecule has 4 bridgehead atoms. The minimum Gasteiger partial charge on any atom is -0.316 e. The number of nitrogens with one attached hydrogen (secondary N) is 1. The highest BCUT2D eigenvalue weighted by Gasteiger charge is 2.50. The zero-order chi connectivity index (χ0) is 14.4. The number of rotatable bonds is 4. The zero-order valence-corrected chi connectivity index (χ0v) is 15.1. The summed E-state index contributed by atoms with van der Waals surface area (Å²) >= 11 is 2.40. The van der Waals surface area contributed by atoms with Gasteiger partial charge in [-0.1, -0.05) is 12.1 Å². The van der Waals surface area contributed by atoms with Crippen LogP contribution in [0.25, 0.3) is 0 Å². The molecule has 0 aliphatic heterocycles. The van der Waals surface area contributed by atoms with E-state index >= 15 is 0 Å². The Morgan fingerprint density at radius 1 is 1.00 bits per heavy atom. The Hall–Kier alpha value is -0.0900. The Morgan fingerprint density at radius 3 is 2.10 bits per heavy atom. The molecule has 4 aliphatic rings. The summed E-state index contributed by atoms with van der Waals surface area (Å²) in [7, 11) is 2.18. The lowest BCUT2D eigenvalue weighted by Crippen LogP contribution is -2.53. The van der Waals surface area contributed by atoms with E-state index in [1.807, 2.05) is 0 Å². The van der Waals surface area contributed by atoms with Gasteiger partial charge in [0.25, 0.3) is 0 Å². The molecule has 114 valence electrons. The number of likely N-dealkylation sites (N-methyl/N-ethyl adjacent to an activating group) is 1. The van der Waals surface area contributed by atoms with E-state index in [9.17, 15) is 0 Å². The van der Waals surface area contributed by atoms with Crippen LogP contribution in [0.15, 0.2) is 24.3 Å². The third-order valence-corrected chi connectivity index (χ3v) is 7.22. The van der Waals surface area contributed by atoms with Crippen LogP contribution in [0.1, 0.15) is 37.7 Å². The Morgan fingerprint density at radius 2 is 1.57 bits per heavy atom. The first kappa shape index (κ1) is 14.5. The van der Waals surface area contributed by atoms with Crippen molar-refractivity contribution in [2.24, 2.45) is 29.6 Å². The monoisotopic (exact) mass is 395 g/mol. The summed E-state index contributed by atoms with van der Waals surface area (Å²) < 4.78 is 1.34. The third kappa shape index (κ3) is 2.78. The van der Waals surface area contributed by atoms with Crippen molar-refractivity contribution in [3.63, 3.8) is 0 Å². The lowest BCUT2D eigenvalue weighted by atomic mass is 9.50. The zero-order valence-electron chi connectivity index (χ0n) is 12.9.